The highest BCUT2D eigenvalue weighted by Gasteiger charge is 2.73. The number of aliphatic carboxylic acids is 2. The molecule has 1 aromatic heterocycles. The highest BCUT2D eigenvalue weighted by Crippen LogP contribution is 2.47. The molecule has 5 N–H and O–H groups in total. The van der Waals surface area contributed by atoms with Crippen LogP contribution in [0, 0.1) is 5.92 Å². The van der Waals surface area contributed by atoms with E-state index in [1.54, 1.807) is 0 Å². The van der Waals surface area contributed by atoms with Crippen molar-refractivity contribution in [1.82, 2.24) is 15.2 Å². The van der Waals surface area contributed by atoms with Gasteiger partial charge in [-0.1, -0.05) is 5.16 Å². The molecule has 3 saturated heterocycles. The molecule has 3 aliphatic heterocycles. The van der Waals surface area contributed by atoms with Crippen molar-refractivity contribution in [1.29, 1.82) is 0 Å². The van der Waals surface area contributed by atoms with Crippen LogP contribution < -0.4 is 11.1 Å². The Labute approximate surface area is 202 Å². The summed E-state index contributed by atoms with van der Waals surface area (Å²) in [4.78, 5) is 70.8. The second-order valence-corrected chi connectivity index (χ2v) is 10.9. The number of nitrogens with one attached hydrogen (secondary N) is 1. The summed E-state index contributed by atoms with van der Waals surface area (Å²) in [6.45, 7) is 2.37. The summed E-state index contributed by atoms with van der Waals surface area (Å²) in [5.41, 5.74) is 0.886. The van der Waals surface area contributed by atoms with E-state index in [0.29, 0.717) is 0 Å². The van der Waals surface area contributed by atoms with Crippen molar-refractivity contribution in [3.05, 3.63) is 11.1 Å². The number of carboxylic acid groups (broad SMARTS) is 2. The van der Waals surface area contributed by atoms with Crippen molar-refractivity contribution in [3.63, 3.8) is 0 Å². The van der Waals surface area contributed by atoms with Gasteiger partial charge in [-0.2, -0.15) is 0 Å². The first-order valence-corrected chi connectivity index (χ1v) is 12.2. The summed E-state index contributed by atoms with van der Waals surface area (Å²) in [5, 5.41) is 25.1. The fourth-order valence-corrected chi connectivity index (χ4v) is 6.37. The summed E-state index contributed by atoms with van der Waals surface area (Å²) in [7, 11) is -1.83. The molecule has 0 bridgehead atoms. The summed E-state index contributed by atoms with van der Waals surface area (Å²) in [6.07, 6.45) is -0.315. The van der Waals surface area contributed by atoms with E-state index in [9.17, 15) is 38.4 Å². The number of ether oxygens (including phenoxy) is 1. The molecule has 1 aromatic rings. The number of nitrogen functional groups attached to an aromatic ring is 1. The molecule has 0 radical (unpaired) electrons. The number of carboxylic acids is 2. The Hall–Kier alpha value is -3.60. The van der Waals surface area contributed by atoms with Crippen LogP contribution in [0.3, 0.4) is 0 Å². The van der Waals surface area contributed by atoms with Gasteiger partial charge in [0.2, 0.25) is 5.60 Å². The van der Waals surface area contributed by atoms with E-state index >= 15 is 0 Å². The Morgan fingerprint density at radius 1 is 1.40 bits per heavy atom. The Bertz CT molecular complexity index is 1210. The molecule has 35 heavy (non-hydrogen) atoms. The number of carbonyl (C=O) groups is 5. The number of amides is 2. The van der Waals surface area contributed by atoms with Crippen molar-refractivity contribution >= 4 is 62.7 Å². The molecule has 0 saturated carbocycles. The number of hydrogen-bond acceptors (Lipinski definition) is 12. The summed E-state index contributed by atoms with van der Waals surface area (Å²) in [5.74, 6) is -7.02. The van der Waals surface area contributed by atoms with Gasteiger partial charge in [-0.3, -0.25) is 23.5 Å². The van der Waals surface area contributed by atoms with Crippen LogP contribution >= 0.6 is 11.3 Å². The zero-order valence-corrected chi connectivity index (χ0v) is 19.8. The largest absolute Gasteiger partial charge is 0.478 e. The number of carbonyl (C=O) groups excluding carboxylic acids is 3. The van der Waals surface area contributed by atoms with Gasteiger partial charge in [-0.15, -0.1) is 11.3 Å². The number of fused-ring (bicyclic) bond motifs is 3. The lowest BCUT2D eigenvalue weighted by atomic mass is 9.89. The number of aromatic nitrogens is 1. The van der Waals surface area contributed by atoms with E-state index in [0.717, 1.165) is 16.2 Å². The van der Waals surface area contributed by atoms with E-state index < -0.39 is 74.9 Å². The van der Waals surface area contributed by atoms with Crippen LogP contribution in [0.1, 0.15) is 26.0 Å². The number of esters is 1. The van der Waals surface area contributed by atoms with E-state index in [4.69, 9.17) is 15.3 Å². The van der Waals surface area contributed by atoms with E-state index in [1.807, 2.05) is 0 Å². The molecule has 0 spiro atoms. The zero-order valence-electron chi connectivity index (χ0n) is 18.1. The predicted molar refractivity (Wildman–Crippen MR) is 116 cm³/mol. The number of anilines is 1. The molecule has 5 atom stereocenters. The second kappa shape index (κ2) is 8.26. The van der Waals surface area contributed by atoms with Gasteiger partial charge in [-0.25, -0.2) is 14.6 Å². The van der Waals surface area contributed by atoms with Gasteiger partial charge < -0.3 is 30.8 Å². The summed E-state index contributed by atoms with van der Waals surface area (Å²) >= 11 is 0.957. The number of β-lactam (4-membered cyclic amide) rings is 1. The molecule has 4 heterocycles. The molecule has 188 valence electrons. The SMILES string of the molecule is CC(C)(O/N=C(\C(=O)N[C@@H]1C(=O)N2[C@@H]1[S@@](=O)C[C@@H]1CC(=O)O[C@@]12C(=O)O)c1csc(N)n1)C(=O)O. The van der Waals surface area contributed by atoms with Crippen molar-refractivity contribution < 1.29 is 48.0 Å². The minimum absolute atomic E-state index is 0.0646. The van der Waals surface area contributed by atoms with E-state index in [-0.39, 0.29) is 23.0 Å². The maximum Gasteiger partial charge on any atom is 0.370 e. The van der Waals surface area contributed by atoms with Crippen LogP contribution in [-0.2, 0) is 44.3 Å². The highest BCUT2D eigenvalue weighted by atomic mass is 32.2. The predicted octanol–water partition coefficient (Wildman–Crippen LogP) is -1.93. The van der Waals surface area contributed by atoms with E-state index in [2.05, 4.69) is 15.5 Å². The number of nitrogens with zero attached hydrogens (tertiary/aromatic N) is 3. The standard InChI is InChI=1S/C18H19N5O10S2/c1-17(2,14(27)28)33-22-9(7-4-34-16(19)20-7)11(25)21-10-12(26)23-13(10)35(31)5-6-3-8(24)32-18(6,23)15(29)30/h4,6,10,13H,3,5H2,1-2H3,(H2,19,20)(H,21,25)(H,27,28)(H,29,30)/b22-9-/t6-,10+,13+,18+,35-/m0/s1. The molecule has 0 aromatic carbocycles. The molecule has 3 fully saturated rings. The lowest BCUT2D eigenvalue weighted by molar-refractivity contribution is -0.216. The third-order valence-corrected chi connectivity index (χ3v) is 8.15. The minimum atomic E-state index is -2.30. The van der Waals surface area contributed by atoms with Gasteiger partial charge in [0.1, 0.15) is 17.1 Å². The molecule has 15 nitrogen and oxygen atoms in total. The normalized spacial score (nSPS) is 30.0. The Morgan fingerprint density at radius 2 is 2.09 bits per heavy atom. The average Bonchev–Trinajstić information content (AvgIpc) is 3.33. The van der Waals surface area contributed by atoms with Crippen LogP contribution in [0.25, 0.3) is 0 Å². The number of oxime groups is 1. The molecule has 17 heteroatoms. The first kappa shape index (κ1) is 24.5. The van der Waals surface area contributed by atoms with Crippen molar-refractivity contribution in [2.24, 2.45) is 11.1 Å². The maximum atomic E-state index is 13.0. The number of thiazole rings is 1. The number of rotatable bonds is 7. The first-order valence-electron chi connectivity index (χ1n) is 9.97. The summed E-state index contributed by atoms with van der Waals surface area (Å²) in [6, 6.07) is -1.44. The highest BCUT2D eigenvalue weighted by molar-refractivity contribution is 7.85. The fourth-order valence-electron chi connectivity index (χ4n) is 3.90. The fraction of sp³-hybridized carbons (Fsp3) is 0.500. The third-order valence-electron chi connectivity index (χ3n) is 5.72. The monoisotopic (exact) mass is 529 g/mol. The molecule has 3 aliphatic rings. The van der Waals surface area contributed by atoms with Gasteiger partial charge >= 0.3 is 17.9 Å². The first-order chi connectivity index (χ1) is 16.3. The van der Waals surface area contributed by atoms with Crippen molar-refractivity contribution in [2.75, 3.05) is 11.5 Å². The van der Waals surface area contributed by atoms with E-state index in [1.165, 1.54) is 19.2 Å². The van der Waals surface area contributed by atoms with Crippen LogP contribution in [-0.4, -0.2) is 88.2 Å². The Balaban J connectivity index is 1.61. The van der Waals surface area contributed by atoms with Crippen molar-refractivity contribution in [3.8, 4) is 0 Å². The molecule has 2 amide bonds. The van der Waals surface area contributed by atoms with Crippen molar-refractivity contribution in [2.45, 2.75) is 43.0 Å². The third kappa shape index (κ3) is 3.79. The van der Waals surface area contributed by atoms with Crippen LogP contribution in [0.4, 0.5) is 5.13 Å². The number of hydrogen-bond donors (Lipinski definition) is 4. The smallest absolute Gasteiger partial charge is 0.370 e. The van der Waals surface area contributed by atoms with Gasteiger partial charge in [0.25, 0.3) is 17.5 Å². The van der Waals surface area contributed by atoms with Crippen LogP contribution in [0.15, 0.2) is 10.5 Å². The second-order valence-electron chi connectivity index (χ2n) is 8.39. The zero-order chi connectivity index (χ0) is 25.9. The Morgan fingerprint density at radius 3 is 2.66 bits per heavy atom. The molecule has 4 rings (SSSR count). The van der Waals surface area contributed by atoms with Gasteiger partial charge in [-0.05, 0) is 13.8 Å². The minimum Gasteiger partial charge on any atom is -0.478 e. The van der Waals surface area contributed by atoms with Gasteiger partial charge in [0.05, 0.1) is 12.3 Å². The lowest BCUT2D eigenvalue weighted by Gasteiger charge is -2.56. The molecular formula is C18H19N5O10S2. The molecule has 0 aliphatic carbocycles. The average molecular weight is 530 g/mol. The topological polar surface area (TPSA) is 228 Å². The Kier molecular flexibility index (Phi) is 5.79. The maximum absolute atomic E-state index is 13.0. The molecular weight excluding hydrogens is 510 g/mol. The van der Waals surface area contributed by atoms with Crippen LogP contribution in [0.2, 0.25) is 0 Å². The molecule has 0 unspecified atom stereocenters. The summed E-state index contributed by atoms with van der Waals surface area (Å²) < 4.78 is 17.9. The van der Waals surface area contributed by atoms with Gasteiger partial charge in [0.15, 0.2) is 10.8 Å². The lowest BCUT2D eigenvalue weighted by Crippen LogP contribution is -2.83. The number of nitrogens with two attached hydrogens (primary N) is 1. The van der Waals surface area contributed by atoms with Gasteiger partial charge in [0, 0.05) is 21.9 Å². The van der Waals surface area contributed by atoms with Crippen LogP contribution in [0.5, 0.6) is 0 Å². The quantitative estimate of drug-likeness (QED) is 0.131.